The van der Waals surface area contributed by atoms with Crippen LogP contribution in [0.25, 0.3) is 5.70 Å². The molecule has 24 heavy (non-hydrogen) atoms. The van der Waals surface area contributed by atoms with E-state index in [-0.39, 0.29) is 6.04 Å². The van der Waals surface area contributed by atoms with Gasteiger partial charge in [-0.25, -0.2) is 8.42 Å². The highest BCUT2D eigenvalue weighted by Crippen LogP contribution is 2.37. The Hall–Kier alpha value is -2.03. The summed E-state index contributed by atoms with van der Waals surface area (Å²) in [6.45, 7) is 0. The van der Waals surface area contributed by atoms with E-state index in [0.717, 1.165) is 10.4 Å². The van der Waals surface area contributed by atoms with Crippen molar-refractivity contribution in [2.45, 2.75) is 6.04 Å². The van der Waals surface area contributed by atoms with Crippen molar-refractivity contribution < 1.29 is 17.9 Å². The summed E-state index contributed by atoms with van der Waals surface area (Å²) in [5, 5.41) is 1.93. The molecule has 3 rings (SSSR count). The van der Waals surface area contributed by atoms with Crippen molar-refractivity contribution in [2.75, 3.05) is 20.5 Å². The maximum atomic E-state index is 12.1. The predicted molar refractivity (Wildman–Crippen MR) is 94.4 cm³/mol. The molecule has 1 aromatic carbocycles. The van der Waals surface area contributed by atoms with Crippen molar-refractivity contribution >= 4 is 27.1 Å². The van der Waals surface area contributed by atoms with Crippen molar-refractivity contribution in [3.8, 4) is 11.5 Å². The maximum Gasteiger partial charge on any atom is 0.228 e. The number of hydrogen-bond acceptors (Lipinski definition) is 6. The standard InChI is InChI=1S/C16H18N2O4S2/c1-21-14-7-6-11(9-15(14)22-2)12-10-13(16-5-4-8-23-16)18(17-12)24(3,19)20/h4-10,13,17H,1-3H3. The van der Waals surface area contributed by atoms with E-state index in [9.17, 15) is 8.42 Å². The van der Waals surface area contributed by atoms with E-state index < -0.39 is 10.0 Å². The van der Waals surface area contributed by atoms with Crippen molar-refractivity contribution in [1.29, 1.82) is 0 Å². The largest absolute Gasteiger partial charge is 0.493 e. The average Bonchev–Trinajstić information content (AvgIpc) is 3.22. The summed E-state index contributed by atoms with van der Waals surface area (Å²) in [4.78, 5) is 0.948. The normalized spacial score (nSPS) is 18.1. The monoisotopic (exact) mass is 366 g/mol. The van der Waals surface area contributed by atoms with Crippen LogP contribution in [-0.2, 0) is 10.0 Å². The highest BCUT2D eigenvalue weighted by Gasteiger charge is 2.34. The van der Waals surface area contributed by atoms with Crippen LogP contribution in [0.1, 0.15) is 16.5 Å². The summed E-state index contributed by atoms with van der Waals surface area (Å²) in [5.74, 6) is 1.21. The van der Waals surface area contributed by atoms with E-state index in [2.05, 4.69) is 5.43 Å². The van der Waals surface area contributed by atoms with E-state index in [0.29, 0.717) is 17.2 Å². The minimum atomic E-state index is -3.43. The van der Waals surface area contributed by atoms with Gasteiger partial charge in [0.25, 0.3) is 0 Å². The van der Waals surface area contributed by atoms with Gasteiger partial charge in [-0.15, -0.1) is 15.8 Å². The minimum Gasteiger partial charge on any atom is -0.493 e. The van der Waals surface area contributed by atoms with Gasteiger partial charge in [0.15, 0.2) is 11.5 Å². The molecule has 1 unspecified atom stereocenters. The van der Waals surface area contributed by atoms with Crippen LogP contribution >= 0.6 is 11.3 Å². The topological polar surface area (TPSA) is 67.9 Å². The molecule has 0 amide bonds. The highest BCUT2D eigenvalue weighted by molar-refractivity contribution is 7.88. The fraction of sp³-hybridized carbons (Fsp3) is 0.250. The lowest BCUT2D eigenvalue weighted by Crippen LogP contribution is -2.38. The Morgan fingerprint density at radius 3 is 2.50 bits per heavy atom. The van der Waals surface area contributed by atoms with Gasteiger partial charge in [0.1, 0.15) is 0 Å². The number of hydrogen-bond donors (Lipinski definition) is 1. The number of sulfonamides is 1. The molecule has 0 fully saturated rings. The molecule has 2 aromatic rings. The summed E-state index contributed by atoms with van der Waals surface area (Å²) in [6.07, 6.45) is 3.08. The molecule has 128 valence electrons. The second-order valence-corrected chi connectivity index (χ2v) is 8.12. The third kappa shape index (κ3) is 3.12. The van der Waals surface area contributed by atoms with Gasteiger partial charge in [-0.1, -0.05) is 6.07 Å². The Morgan fingerprint density at radius 1 is 1.17 bits per heavy atom. The lowest BCUT2D eigenvalue weighted by molar-refractivity contribution is 0.352. The molecule has 2 heterocycles. The van der Waals surface area contributed by atoms with Crippen molar-refractivity contribution in [2.24, 2.45) is 0 Å². The van der Waals surface area contributed by atoms with Gasteiger partial charge in [0.2, 0.25) is 10.0 Å². The molecule has 1 aromatic heterocycles. The van der Waals surface area contributed by atoms with Gasteiger partial charge in [-0.2, -0.15) is 0 Å². The molecule has 1 atom stereocenters. The molecule has 0 bridgehead atoms. The van der Waals surface area contributed by atoms with Crippen LogP contribution < -0.4 is 14.9 Å². The van der Waals surface area contributed by atoms with Gasteiger partial charge in [-0.05, 0) is 35.7 Å². The second kappa shape index (κ2) is 6.46. The van der Waals surface area contributed by atoms with E-state index in [1.54, 1.807) is 20.3 Å². The Morgan fingerprint density at radius 2 is 1.92 bits per heavy atom. The average molecular weight is 366 g/mol. The van der Waals surface area contributed by atoms with Gasteiger partial charge < -0.3 is 14.9 Å². The lowest BCUT2D eigenvalue weighted by atomic mass is 10.1. The number of ether oxygens (including phenoxy) is 2. The smallest absolute Gasteiger partial charge is 0.228 e. The molecule has 0 radical (unpaired) electrons. The van der Waals surface area contributed by atoms with Gasteiger partial charge >= 0.3 is 0 Å². The minimum absolute atomic E-state index is 0.372. The Balaban J connectivity index is 2.01. The zero-order valence-corrected chi connectivity index (χ0v) is 15.1. The number of hydrazine groups is 1. The van der Waals surface area contributed by atoms with E-state index in [1.807, 2.05) is 35.7 Å². The number of nitrogens with one attached hydrogen (secondary N) is 1. The van der Waals surface area contributed by atoms with Crippen molar-refractivity contribution in [3.05, 3.63) is 52.2 Å². The summed E-state index contributed by atoms with van der Waals surface area (Å²) in [7, 11) is -0.289. The van der Waals surface area contributed by atoms with Crippen LogP contribution in [-0.4, -0.2) is 33.3 Å². The summed E-state index contributed by atoms with van der Waals surface area (Å²) < 4.78 is 36.1. The molecule has 0 spiro atoms. The Labute approximate surface area is 145 Å². The van der Waals surface area contributed by atoms with Gasteiger partial charge in [-0.3, -0.25) is 0 Å². The molecule has 0 aliphatic carbocycles. The molecule has 1 aliphatic heterocycles. The molecule has 0 saturated carbocycles. The maximum absolute atomic E-state index is 12.1. The molecule has 1 N–H and O–H groups in total. The van der Waals surface area contributed by atoms with Gasteiger partial charge in [0.05, 0.1) is 32.2 Å². The number of methoxy groups -OCH3 is 2. The first-order valence-corrected chi connectivity index (χ1v) is 9.90. The van der Waals surface area contributed by atoms with E-state index in [1.165, 1.54) is 22.0 Å². The van der Waals surface area contributed by atoms with Crippen LogP contribution in [0.3, 0.4) is 0 Å². The third-order valence-corrected chi connectivity index (χ3v) is 5.67. The van der Waals surface area contributed by atoms with E-state index >= 15 is 0 Å². The van der Waals surface area contributed by atoms with Crippen molar-refractivity contribution in [3.63, 3.8) is 0 Å². The second-order valence-electron chi connectivity index (χ2n) is 5.28. The summed E-state index contributed by atoms with van der Waals surface area (Å²) >= 11 is 1.52. The molecule has 6 nitrogen and oxygen atoms in total. The first-order valence-electron chi connectivity index (χ1n) is 7.17. The molecule has 1 aliphatic rings. The first kappa shape index (κ1) is 16.8. The number of nitrogens with zero attached hydrogens (tertiary/aromatic N) is 1. The highest BCUT2D eigenvalue weighted by atomic mass is 32.2. The SMILES string of the molecule is COc1ccc(C2=CC(c3cccs3)N(S(C)(=O)=O)N2)cc1OC. The van der Waals surface area contributed by atoms with Crippen LogP contribution in [0.15, 0.2) is 41.8 Å². The fourth-order valence-electron chi connectivity index (χ4n) is 2.56. The number of thiophene rings is 1. The fourth-order valence-corrected chi connectivity index (χ4v) is 4.26. The summed E-state index contributed by atoms with van der Waals surface area (Å²) in [6, 6.07) is 8.92. The van der Waals surface area contributed by atoms with Gasteiger partial charge in [0, 0.05) is 10.4 Å². The van der Waals surface area contributed by atoms with Crippen LogP contribution in [0.4, 0.5) is 0 Å². The molecular formula is C16H18N2O4S2. The van der Waals surface area contributed by atoms with Crippen LogP contribution in [0.2, 0.25) is 0 Å². The Bertz CT molecular complexity index is 860. The summed E-state index contributed by atoms with van der Waals surface area (Å²) in [5.41, 5.74) is 4.52. The van der Waals surface area contributed by atoms with E-state index in [4.69, 9.17) is 9.47 Å². The molecular weight excluding hydrogens is 348 g/mol. The lowest BCUT2D eigenvalue weighted by Gasteiger charge is -2.21. The zero-order valence-electron chi connectivity index (χ0n) is 13.5. The quantitative estimate of drug-likeness (QED) is 0.881. The molecule has 8 heteroatoms. The molecule has 0 saturated heterocycles. The van der Waals surface area contributed by atoms with Crippen molar-refractivity contribution in [1.82, 2.24) is 9.84 Å². The number of rotatable bonds is 5. The van der Waals surface area contributed by atoms with Crippen LogP contribution in [0, 0.1) is 0 Å². The third-order valence-electron chi connectivity index (χ3n) is 3.69. The zero-order chi connectivity index (χ0) is 17.3. The van der Waals surface area contributed by atoms with Crippen LogP contribution in [0.5, 0.6) is 11.5 Å². The predicted octanol–water partition coefficient (Wildman–Crippen LogP) is 2.63. The first-order chi connectivity index (χ1) is 11.4. The number of benzene rings is 1. The Kier molecular flexibility index (Phi) is 4.53.